The molecule has 0 saturated heterocycles. The van der Waals surface area contributed by atoms with E-state index in [1.165, 1.54) is 0 Å². The number of aliphatic hydroxyl groups excluding tert-OH is 1. The summed E-state index contributed by atoms with van der Waals surface area (Å²) < 4.78 is 2.59. The molecule has 0 atom stereocenters. The second-order valence-corrected chi connectivity index (χ2v) is 3.64. The van der Waals surface area contributed by atoms with Gasteiger partial charge in [-0.05, 0) is 15.9 Å². The van der Waals surface area contributed by atoms with Gasteiger partial charge in [0.25, 0.3) is 0 Å². The summed E-state index contributed by atoms with van der Waals surface area (Å²) in [7, 11) is 1.87. The number of hydrogen-bond donors (Lipinski definition) is 1. The van der Waals surface area contributed by atoms with Crippen LogP contribution >= 0.6 is 15.9 Å². The SMILES string of the molecule is Cn1nc(Br)c2cccc(CO)c21. The van der Waals surface area contributed by atoms with Crippen molar-refractivity contribution in [1.82, 2.24) is 9.78 Å². The number of hydrogen-bond acceptors (Lipinski definition) is 2. The molecule has 68 valence electrons. The van der Waals surface area contributed by atoms with Crippen molar-refractivity contribution in [2.24, 2.45) is 7.05 Å². The van der Waals surface area contributed by atoms with Gasteiger partial charge in [0, 0.05) is 18.0 Å². The number of nitrogens with zero attached hydrogens (tertiary/aromatic N) is 2. The number of para-hydroxylation sites is 1. The van der Waals surface area contributed by atoms with Crippen LogP contribution in [-0.4, -0.2) is 14.9 Å². The molecule has 2 rings (SSSR count). The maximum atomic E-state index is 9.11. The smallest absolute Gasteiger partial charge is 0.135 e. The summed E-state index contributed by atoms with van der Waals surface area (Å²) in [5.41, 5.74) is 1.88. The van der Waals surface area contributed by atoms with Gasteiger partial charge >= 0.3 is 0 Å². The Hall–Kier alpha value is -0.870. The Kier molecular flexibility index (Phi) is 2.09. The summed E-state index contributed by atoms with van der Waals surface area (Å²) in [5.74, 6) is 0. The third-order valence-corrected chi connectivity index (χ3v) is 2.66. The predicted octanol–water partition coefficient (Wildman–Crippen LogP) is 1.83. The number of halogens is 1. The highest BCUT2D eigenvalue weighted by atomic mass is 79.9. The van der Waals surface area contributed by atoms with E-state index in [1.54, 1.807) is 4.68 Å². The van der Waals surface area contributed by atoms with Crippen LogP contribution in [0.1, 0.15) is 5.56 Å². The minimum atomic E-state index is 0.0450. The van der Waals surface area contributed by atoms with Gasteiger partial charge in [0.05, 0.1) is 12.1 Å². The molecule has 2 aromatic rings. The standard InChI is InChI=1S/C9H9BrN2O/c1-12-8-6(5-13)3-2-4-7(8)9(10)11-12/h2-4,13H,5H2,1H3. The van der Waals surface area contributed by atoms with E-state index in [0.717, 1.165) is 21.1 Å². The molecule has 1 heterocycles. The maximum absolute atomic E-state index is 9.11. The molecule has 1 N–H and O–H groups in total. The first-order valence-corrected chi connectivity index (χ1v) is 4.74. The lowest BCUT2D eigenvalue weighted by Crippen LogP contribution is -1.93. The third kappa shape index (κ3) is 1.26. The second-order valence-electron chi connectivity index (χ2n) is 2.89. The first kappa shape index (κ1) is 8.72. The van der Waals surface area contributed by atoms with Gasteiger partial charge in [-0.1, -0.05) is 18.2 Å². The monoisotopic (exact) mass is 240 g/mol. The van der Waals surface area contributed by atoms with Crippen molar-refractivity contribution in [3.8, 4) is 0 Å². The molecule has 0 aliphatic heterocycles. The molecule has 1 aromatic carbocycles. The Morgan fingerprint density at radius 2 is 2.31 bits per heavy atom. The number of aliphatic hydroxyl groups is 1. The fourth-order valence-corrected chi connectivity index (χ4v) is 2.06. The van der Waals surface area contributed by atoms with Crippen LogP contribution in [0.15, 0.2) is 22.8 Å². The lowest BCUT2D eigenvalue weighted by Gasteiger charge is -2.00. The fraction of sp³-hybridized carbons (Fsp3) is 0.222. The Labute approximate surface area is 84.1 Å². The molecule has 0 fully saturated rings. The van der Waals surface area contributed by atoms with E-state index in [0.29, 0.717) is 0 Å². The van der Waals surface area contributed by atoms with Crippen LogP contribution in [0.25, 0.3) is 10.9 Å². The molecule has 0 unspecified atom stereocenters. The van der Waals surface area contributed by atoms with Gasteiger partial charge in [-0.2, -0.15) is 5.10 Å². The summed E-state index contributed by atoms with van der Waals surface area (Å²) in [4.78, 5) is 0. The topological polar surface area (TPSA) is 38.0 Å². The highest BCUT2D eigenvalue weighted by Crippen LogP contribution is 2.25. The molecule has 1 aromatic heterocycles. The quantitative estimate of drug-likeness (QED) is 0.827. The number of benzene rings is 1. The molecule has 13 heavy (non-hydrogen) atoms. The van der Waals surface area contributed by atoms with Gasteiger partial charge in [0.2, 0.25) is 0 Å². The van der Waals surface area contributed by atoms with Gasteiger partial charge in [0.1, 0.15) is 4.60 Å². The van der Waals surface area contributed by atoms with Crippen LogP contribution in [0.2, 0.25) is 0 Å². The first-order chi connectivity index (χ1) is 6.24. The average molecular weight is 241 g/mol. The van der Waals surface area contributed by atoms with Gasteiger partial charge in [-0.3, -0.25) is 4.68 Å². The Balaban J connectivity index is 2.88. The maximum Gasteiger partial charge on any atom is 0.135 e. The molecule has 0 radical (unpaired) electrons. The summed E-state index contributed by atoms with van der Waals surface area (Å²) in [6.45, 7) is 0.0450. The number of rotatable bonds is 1. The van der Waals surface area contributed by atoms with E-state index >= 15 is 0 Å². The zero-order valence-electron chi connectivity index (χ0n) is 7.16. The van der Waals surface area contributed by atoms with Crippen LogP contribution in [0.5, 0.6) is 0 Å². The number of fused-ring (bicyclic) bond motifs is 1. The zero-order chi connectivity index (χ0) is 9.42. The minimum Gasteiger partial charge on any atom is -0.392 e. The number of aryl methyl sites for hydroxylation is 1. The molecular formula is C9H9BrN2O. The summed E-state index contributed by atoms with van der Waals surface area (Å²) in [6, 6.07) is 5.79. The highest BCUT2D eigenvalue weighted by molar-refractivity contribution is 9.10. The zero-order valence-corrected chi connectivity index (χ0v) is 8.74. The third-order valence-electron chi connectivity index (χ3n) is 2.07. The molecule has 0 amide bonds. The first-order valence-electron chi connectivity index (χ1n) is 3.95. The van der Waals surface area contributed by atoms with Crippen molar-refractivity contribution >= 4 is 26.8 Å². The van der Waals surface area contributed by atoms with Crippen molar-refractivity contribution in [2.45, 2.75) is 6.61 Å². The highest BCUT2D eigenvalue weighted by Gasteiger charge is 2.08. The van der Waals surface area contributed by atoms with Crippen molar-refractivity contribution < 1.29 is 5.11 Å². The van der Waals surface area contributed by atoms with Crippen molar-refractivity contribution in [3.05, 3.63) is 28.4 Å². The van der Waals surface area contributed by atoms with Crippen LogP contribution in [0, 0.1) is 0 Å². The Morgan fingerprint density at radius 1 is 1.54 bits per heavy atom. The van der Waals surface area contributed by atoms with Gasteiger partial charge < -0.3 is 5.11 Å². The lowest BCUT2D eigenvalue weighted by atomic mass is 10.1. The summed E-state index contributed by atoms with van der Waals surface area (Å²) in [6.07, 6.45) is 0. The van der Waals surface area contributed by atoms with Crippen LogP contribution in [0.3, 0.4) is 0 Å². The molecule has 0 spiro atoms. The van der Waals surface area contributed by atoms with E-state index in [1.807, 2.05) is 25.2 Å². The van der Waals surface area contributed by atoms with Gasteiger partial charge in [0.15, 0.2) is 0 Å². The van der Waals surface area contributed by atoms with E-state index < -0.39 is 0 Å². The summed E-state index contributed by atoms with van der Waals surface area (Å²) in [5, 5.41) is 14.4. The van der Waals surface area contributed by atoms with Gasteiger partial charge in [-0.15, -0.1) is 0 Å². The second kappa shape index (κ2) is 3.12. The summed E-state index contributed by atoms with van der Waals surface area (Å²) >= 11 is 3.37. The van der Waals surface area contributed by atoms with E-state index in [2.05, 4.69) is 21.0 Å². The average Bonchev–Trinajstić information content (AvgIpc) is 2.43. The van der Waals surface area contributed by atoms with Gasteiger partial charge in [-0.25, -0.2) is 0 Å². The van der Waals surface area contributed by atoms with E-state index in [9.17, 15) is 0 Å². The minimum absolute atomic E-state index is 0.0450. The van der Waals surface area contributed by atoms with Crippen molar-refractivity contribution in [3.63, 3.8) is 0 Å². The largest absolute Gasteiger partial charge is 0.392 e. The molecular weight excluding hydrogens is 232 g/mol. The van der Waals surface area contributed by atoms with Crippen molar-refractivity contribution in [2.75, 3.05) is 0 Å². The lowest BCUT2D eigenvalue weighted by molar-refractivity contribution is 0.283. The molecule has 0 aliphatic rings. The van der Waals surface area contributed by atoms with Crippen LogP contribution in [-0.2, 0) is 13.7 Å². The van der Waals surface area contributed by atoms with E-state index in [4.69, 9.17) is 5.11 Å². The molecule has 4 heteroatoms. The van der Waals surface area contributed by atoms with E-state index in [-0.39, 0.29) is 6.61 Å². The fourth-order valence-electron chi connectivity index (χ4n) is 1.50. The normalized spacial score (nSPS) is 11.0. The predicted molar refractivity (Wildman–Crippen MR) is 54.3 cm³/mol. The molecule has 0 aliphatic carbocycles. The Bertz CT molecular complexity index is 450. The molecule has 0 saturated carbocycles. The number of aromatic nitrogens is 2. The molecule has 0 bridgehead atoms. The van der Waals surface area contributed by atoms with Crippen LogP contribution in [0.4, 0.5) is 0 Å². The molecule has 3 nitrogen and oxygen atoms in total. The van der Waals surface area contributed by atoms with Crippen LogP contribution < -0.4 is 0 Å². The van der Waals surface area contributed by atoms with Crippen molar-refractivity contribution in [1.29, 1.82) is 0 Å². The Morgan fingerprint density at radius 3 is 3.00 bits per heavy atom.